The molecule has 4 rings (SSSR count). The summed E-state index contributed by atoms with van der Waals surface area (Å²) in [5.74, 6) is -1.40. The molecule has 0 saturated carbocycles. The molecule has 0 bridgehead atoms. The summed E-state index contributed by atoms with van der Waals surface area (Å²) in [6.07, 6.45) is 2.94. The predicted octanol–water partition coefficient (Wildman–Crippen LogP) is 3.01. The van der Waals surface area contributed by atoms with Crippen LogP contribution in [0, 0.1) is 5.82 Å². The third-order valence-electron chi connectivity index (χ3n) is 5.74. The molecule has 1 amide bonds. The first-order chi connectivity index (χ1) is 14.1. The Morgan fingerprint density at radius 2 is 2.03 bits per heavy atom. The SMILES string of the molecule is C[Si](C)(C)CCOCN1C(=O)[C@]2(Cc3cc(C(=O)O)cnc3C2)c2cc(F)cnc21. The number of rotatable bonds is 6. The van der Waals surface area contributed by atoms with E-state index in [9.17, 15) is 19.1 Å². The summed E-state index contributed by atoms with van der Waals surface area (Å²) in [5, 5.41) is 9.25. The lowest BCUT2D eigenvalue weighted by Crippen LogP contribution is -2.42. The molecule has 0 fully saturated rings. The van der Waals surface area contributed by atoms with E-state index in [1.807, 2.05) is 0 Å². The Hall–Kier alpha value is -2.65. The Balaban J connectivity index is 1.64. The number of carbonyl (C=O) groups excluding carboxylic acids is 1. The molecule has 0 saturated heterocycles. The minimum Gasteiger partial charge on any atom is -0.478 e. The van der Waals surface area contributed by atoms with Gasteiger partial charge >= 0.3 is 5.97 Å². The van der Waals surface area contributed by atoms with Gasteiger partial charge in [0.05, 0.1) is 17.2 Å². The Morgan fingerprint density at radius 1 is 1.27 bits per heavy atom. The van der Waals surface area contributed by atoms with Gasteiger partial charge in [0.25, 0.3) is 0 Å². The lowest BCUT2D eigenvalue weighted by atomic mass is 9.79. The fraction of sp³-hybridized carbons (Fsp3) is 0.429. The van der Waals surface area contributed by atoms with Gasteiger partial charge in [-0.15, -0.1) is 0 Å². The van der Waals surface area contributed by atoms with Crippen LogP contribution in [0.25, 0.3) is 0 Å². The number of hydrogen-bond donors (Lipinski definition) is 1. The topological polar surface area (TPSA) is 92.6 Å². The van der Waals surface area contributed by atoms with Crippen LogP contribution >= 0.6 is 0 Å². The van der Waals surface area contributed by atoms with Gasteiger partial charge in [-0.2, -0.15) is 0 Å². The molecule has 0 radical (unpaired) electrons. The van der Waals surface area contributed by atoms with Gasteiger partial charge in [0.2, 0.25) is 5.91 Å². The van der Waals surface area contributed by atoms with Crippen molar-refractivity contribution in [2.24, 2.45) is 0 Å². The number of nitrogens with zero attached hydrogens (tertiary/aromatic N) is 3. The van der Waals surface area contributed by atoms with Crippen LogP contribution in [0.3, 0.4) is 0 Å². The third-order valence-corrected chi connectivity index (χ3v) is 7.45. The zero-order valence-electron chi connectivity index (χ0n) is 17.2. The summed E-state index contributed by atoms with van der Waals surface area (Å²) in [6, 6.07) is 3.87. The Bertz CT molecular complexity index is 1040. The number of carboxylic acids is 1. The maximum Gasteiger partial charge on any atom is 0.337 e. The normalized spacial score (nSPS) is 20.0. The third kappa shape index (κ3) is 3.52. The van der Waals surface area contributed by atoms with Crippen LogP contribution in [0.15, 0.2) is 24.5 Å². The number of ether oxygens (including phenoxy) is 1. The second-order valence-electron chi connectivity index (χ2n) is 9.18. The second-order valence-corrected chi connectivity index (χ2v) is 14.8. The van der Waals surface area contributed by atoms with Crippen LogP contribution in [0.4, 0.5) is 10.2 Å². The highest BCUT2D eigenvalue weighted by Crippen LogP contribution is 2.48. The first-order valence-electron chi connectivity index (χ1n) is 9.88. The molecule has 1 aliphatic heterocycles. The molecule has 1 spiro atoms. The maximum atomic E-state index is 14.1. The average molecular weight is 430 g/mol. The number of carboxylic acid groups (broad SMARTS) is 1. The standard InChI is InChI=1S/C21H24FN3O4Si/c1-30(2,3)5-4-29-12-25-18-16(7-15(22)11-24-18)21(20(25)28)8-13-6-14(19(26)27)10-23-17(13)9-21/h6-7,10-11H,4-5,8-9,12H2,1-3H3,(H,26,27)/t21-/m0/s1. The lowest BCUT2D eigenvalue weighted by molar-refractivity contribution is -0.124. The van der Waals surface area contributed by atoms with Gasteiger partial charge in [0.1, 0.15) is 18.4 Å². The molecule has 158 valence electrons. The van der Waals surface area contributed by atoms with Gasteiger partial charge in [-0.25, -0.2) is 14.2 Å². The highest BCUT2D eigenvalue weighted by Gasteiger charge is 2.55. The summed E-state index contributed by atoms with van der Waals surface area (Å²) in [6.45, 7) is 7.36. The molecular weight excluding hydrogens is 405 g/mol. The molecule has 0 unspecified atom stereocenters. The minimum atomic E-state index is -1.27. The van der Waals surface area contributed by atoms with Gasteiger partial charge in [-0.3, -0.25) is 14.7 Å². The molecule has 0 aromatic carbocycles. The van der Waals surface area contributed by atoms with E-state index in [4.69, 9.17) is 4.74 Å². The van der Waals surface area contributed by atoms with E-state index in [0.717, 1.165) is 12.2 Å². The van der Waals surface area contributed by atoms with E-state index < -0.39 is 25.3 Å². The number of anilines is 1. The fourth-order valence-corrected chi connectivity index (χ4v) is 4.86. The molecule has 7 nitrogen and oxygen atoms in total. The number of pyridine rings is 2. The number of fused-ring (bicyclic) bond motifs is 3. The molecule has 1 N–H and O–H groups in total. The van der Waals surface area contributed by atoms with Crippen molar-refractivity contribution in [3.63, 3.8) is 0 Å². The molecule has 1 aliphatic carbocycles. The average Bonchev–Trinajstić information content (AvgIpc) is 3.15. The zero-order valence-corrected chi connectivity index (χ0v) is 18.2. The molecule has 2 aromatic rings. The van der Waals surface area contributed by atoms with Crippen molar-refractivity contribution in [2.45, 2.75) is 43.9 Å². The number of halogens is 1. The van der Waals surface area contributed by atoms with Crippen molar-refractivity contribution >= 4 is 25.8 Å². The number of amides is 1. The number of carbonyl (C=O) groups is 2. The van der Waals surface area contributed by atoms with Crippen LogP contribution < -0.4 is 4.90 Å². The van der Waals surface area contributed by atoms with Crippen molar-refractivity contribution in [2.75, 3.05) is 18.2 Å². The monoisotopic (exact) mass is 429 g/mol. The molecule has 9 heteroatoms. The van der Waals surface area contributed by atoms with E-state index >= 15 is 0 Å². The molecule has 30 heavy (non-hydrogen) atoms. The predicted molar refractivity (Wildman–Crippen MR) is 111 cm³/mol. The number of hydrogen-bond acceptors (Lipinski definition) is 5. The van der Waals surface area contributed by atoms with Gasteiger partial charge in [-0.05, 0) is 30.2 Å². The van der Waals surface area contributed by atoms with Crippen molar-refractivity contribution in [3.8, 4) is 0 Å². The summed E-state index contributed by atoms with van der Waals surface area (Å²) in [4.78, 5) is 34.8. The summed E-state index contributed by atoms with van der Waals surface area (Å²) in [5.41, 5.74) is 0.903. The largest absolute Gasteiger partial charge is 0.478 e. The molecule has 3 heterocycles. The highest BCUT2D eigenvalue weighted by atomic mass is 28.3. The van der Waals surface area contributed by atoms with Crippen molar-refractivity contribution in [3.05, 3.63) is 52.7 Å². The Labute approximate surface area is 174 Å². The molecule has 1 atom stereocenters. The van der Waals surface area contributed by atoms with E-state index in [0.29, 0.717) is 29.2 Å². The van der Waals surface area contributed by atoms with E-state index in [1.54, 1.807) is 6.07 Å². The van der Waals surface area contributed by atoms with Crippen molar-refractivity contribution in [1.82, 2.24) is 9.97 Å². The van der Waals surface area contributed by atoms with Crippen LogP contribution in [-0.2, 0) is 27.8 Å². The summed E-state index contributed by atoms with van der Waals surface area (Å²) in [7, 11) is -1.27. The van der Waals surface area contributed by atoms with Gasteiger partial charge in [0.15, 0.2) is 0 Å². The van der Waals surface area contributed by atoms with Crippen molar-refractivity contribution < 1.29 is 23.8 Å². The first kappa shape index (κ1) is 20.6. The number of aromatic carboxylic acids is 1. The van der Waals surface area contributed by atoms with Crippen LogP contribution in [-0.4, -0.2) is 48.4 Å². The lowest BCUT2D eigenvalue weighted by Gasteiger charge is -2.23. The van der Waals surface area contributed by atoms with E-state index in [1.165, 1.54) is 17.2 Å². The van der Waals surface area contributed by atoms with Gasteiger partial charge < -0.3 is 9.84 Å². The van der Waals surface area contributed by atoms with Crippen LogP contribution in [0.1, 0.15) is 27.2 Å². The Morgan fingerprint density at radius 3 is 2.73 bits per heavy atom. The van der Waals surface area contributed by atoms with Crippen LogP contribution in [0.5, 0.6) is 0 Å². The van der Waals surface area contributed by atoms with Crippen LogP contribution in [0.2, 0.25) is 25.7 Å². The Kier molecular flexibility index (Phi) is 4.98. The van der Waals surface area contributed by atoms with E-state index in [-0.39, 0.29) is 31.0 Å². The second kappa shape index (κ2) is 7.24. The number of aromatic nitrogens is 2. The van der Waals surface area contributed by atoms with Gasteiger partial charge in [0, 0.05) is 38.6 Å². The van der Waals surface area contributed by atoms with Gasteiger partial charge in [-0.1, -0.05) is 19.6 Å². The molecular formula is C21H24FN3O4Si. The quantitative estimate of drug-likeness (QED) is 0.561. The first-order valence-corrected chi connectivity index (χ1v) is 13.6. The smallest absolute Gasteiger partial charge is 0.337 e. The highest BCUT2D eigenvalue weighted by molar-refractivity contribution is 6.76. The molecule has 2 aromatic heterocycles. The maximum absolute atomic E-state index is 14.1. The summed E-state index contributed by atoms with van der Waals surface area (Å²) < 4.78 is 19.9. The van der Waals surface area contributed by atoms with Crippen molar-refractivity contribution in [1.29, 1.82) is 0 Å². The fourth-order valence-electron chi connectivity index (χ4n) is 4.11. The van der Waals surface area contributed by atoms with E-state index in [2.05, 4.69) is 29.6 Å². The zero-order chi connectivity index (χ0) is 21.7. The minimum absolute atomic E-state index is 0.0564. The summed E-state index contributed by atoms with van der Waals surface area (Å²) >= 11 is 0. The molecule has 2 aliphatic rings.